The van der Waals surface area contributed by atoms with Gasteiger partial charge in [0.1, 0.15) is 17.4 Å². The number of anilines is 1. The number of halogens is 1. The average molecular weight is 381 g/mol. The van der Waals surface area contributed by atoms with Crippen molar-refractivity contribution in [3.63, 3.8) is 0 Å². The molecule has 0 spiro atoms. The van der Waals surface area contributed by atoms with Gasteiger partial charge in [-0.15, -0.1) is 0 Å². The molecule has 0 aromatic heterocycles. The number of hydrogen-bond donors (Lipinski definition) is 2. The fraction of sp³-hybridized carbons (Fsp3) is 0.261. The summed E-state index contributed by atoms with van der Waals surface area (Å²) in [5.41, 5.74) is 8.89. The fourth-order valence-corrected chi connectivity index (χ4v) is 2.92. The van der Waals surface area contributed by atoms with Gasteiger partial charge in [0.05, 0.1) is 24.6 Å². The lowest BCUT2D eigenvalue weighted by molar-refractivity contribution is 0.417. The largest absolute Gasteiger partial charge is 0.495 e. The highest BCUT2D eigenvalue weighted by Crippen LogP contribution is 2.24. The summed E-state index contributed by atoms with van der Waals surface area (Å²) in [4.78, 5) is 4.72. The number of benzene rings is 2. The SMILES string of the molecule is C=C/C(=N\C(=C/C)NC(CCC)c1cccc(F)c1)c1ccc(N)c(OC)c1. The summed E-state index contributed by atoms with van der Waals surface area (Å²) in [5, 5.41) is 3.43. The van der Waals surface area contributed by atoms with E-state index in [0.29, 0.717) is 23.0 Å². The molecule has 2 aromatic rings. The molecule has 0 heterocycles. The molecular formula is C23H28FN3O. The Labute approximate surface area is 166 Å². The van der Waals surface area contributed by atoms with Crippen LogP contribution in [-0.2, 0) is 0 Å². The predicted octanol–water partition coefficient (Wildman–Crippen LogP) is 5.38. The Morgan fingerprint density at radius 3 is 2.71 bits per heavy atom. The highest BCUT2D eigenvalue weighted by Gasteiger charge is 2.13. The van der Waals surface area contributed by atoms with Crippen molar-refractivity contribution in [1.29, 1.82) is 0 Å². The zero-order chi connectivity index (χ0) is 20.5. The van der Waals surface area contributed by atoms with Crippen LogP contribution in [0.2, 0.25) is 0 Å². The molecule has 1 unspecified atom stereocenters. The molecule has 4 nitrogen and oxygen atoms in total. The number of nitrogens with zero attached hydrogens (tertiary/aromatic N) is 1. The minimum atomic E-state index is -0.244. The Hall–Kier alpha value is -3.08. The summed E-state index contributed by atoms with van der Waals surface area (Å²) >= 11 is 0. The summed E-state index contributed by atoms with van der Waals surface area (Å²) in [5.74, 6) is 1.03. The van der Waals surface area contributed by atoms with Crippen LogP contribution in [0.1, 0.15) is 43.9 Å². The van der Waals surface area contributed by atoms with E-state index in [-0.39, 0.29) is 11.9 Å². The van der Waals surface area contributed by atoms with Crippen LogP contribution < -0.4 is 15.8 Å². The number of rotatable bonds is 9. The molecule has 0 saturated heterocycles. The Bertz CT molecular complexity index is 874. The first-order valence-corrected chi connectivity index (χ1v) is 9.35. The van der Waals surface area contributed by atoms with Crippen LogP contribution >= 0.6 is 0 Å². The minimum Gasteiger partial charge on any atom is -0.495 e. The Kier molecular flexibility index (Phi) is 7.81. The van der Waals surface area contributed by atoms with E-state index in [0.717, 1.165) is 24.0 Å². The lowest BCUT2D eigenvalue weighted by Crippen LogP contribution is -2.21. The van der Waals surface area contributed by atoms with Crippen molar-refractivity contribution in [2.75, 3.05) is 12.8 Å². The quantitative estimate of drug-likeness (QED) is 0.453. The third-order valence-corrected chi connectivity index (χ3v) is 4.39. The van der Waals surface area contributed by atoms with Gasteiger partial charge in [-0.2, -0.15) is 0 Å². The molecule has 0 aliphatic rings. The summed E-state index contributed by atoms with van der Waals surface area (Å²) in [7, 11) is 1.58. The van der Waals surface area contributed by atoms with Crippen molar-refractivity contribution in [3.8, 4) is 5.75 Å². The summed E-state index contributed by atoms with van der Waals surface area (Å²) in [6, 6.07) is 12.1. The van der Waals surface area contributed by atoms with Gasteiger partial charge in [0.25, 0.3) is 0 Å². The van der Waals surface area contributed by atoms with Gasteiger partial charge in [0.15, 0.2) is 0 Å². The van der Waals surface area contributed by atoms with Crippen LogP contribution in [0.3, 0.4) is 0 Å². The number of nitrogen functional groups attached to an aromatic ring is 1. The minimum absolute atomic E-state index is 0.0392. The third-order valence-electron chi connectivity index (χ3n) is 4.39. The maximum atomic E-state index is 13.7. The smallest absolute Gasteiger partial charge is 0.142 e. The Morgan fingerprint density at radius 1 is 1.32 bits per heavy atom. The van der Waals surface area contributed by atoms with Gasteiger partial charge in [-0.1, -0.05) is 38.1 Å². The van der Waals surface area contributed by atoms with Gasteiger partial charge >= 0.3 is 0 Å². The van der Waals surface area contributed by atoms with Crippen molar-refractivity contribution >= 4 is 11.4 Å². The highest BCUT2D eigenvalue weighted by atomic mass is 19.1. The van der Waals surface area contributed by atoms with Crippen molar-refractivity contribution in [1.82, 2.24) is 5.32 Å². The zero-order valence-corrected chi connectivity index (χ0v) is 16.7. The third kappa shape index (κ3) is 5.46. The molecule has 2 rings (SSSR count). The maximum absolute atomic E-state index is 13.7. The molecule has 0 radical (unpaired) electrons. The first kappa shape index (κ1) is 21.2. The molecule has 28 heavy (non-hydrogen) atoms. The van der Waals surface area contributed by atoms with Gasteiger partial charge in [-0.25, -0.2) is 9.38 Å². The number of allylic oxidation sites excluding steroid dienone is 2. The van der Waals surface area contributed by atoms with E-state index >= 15 is 0 Å². The predicted molar refractivity (Wildman–Crippen MR) is 115 cm³/mol. The number of nitrogens with two attached hydrogens (primary N) is 1. The normalized spacial score (nSPS) is 13.1. The molecule has 0 aliphatic heterocycles. The summed E-state index contributed by atoms with van der Waals surface area (Å²) in [6.07, 6.45) is 5.39. The van der Waals surface area contributed by atoms with Crippen LogP contribution in [0.15, 0.2) is 72.0 Å². The van der Waals surface area contributed by atoms with E-state index < -0.39 is 0 Å². The molecule has 1 atom stereocenters. The number of hydrogen-bond acceptors (Lipinski definition) is 4. The topological polar surface area (TPSA) is 59.6 Å². The second kappa shape index (κ2) is 10.3. The number of methoxy groups -OCH3 is 1. The van der Waals surface area contributed by atoms with Crippen LogP contribution in [-0.4, -0.2) is 12.8 Å². The molecule has 0 amide bonds. The van der Waals surface area contributed by atoms with E-state index in [1.165, 1.54) is 6.07 Å². The fourth-order valence-electron chi connectivity index (χ4n) is 2.92. The van der Waals surface area contributed by atoms with Crippen LogP contribution in [0.4, 0.5) is 10.1 Å². The van der Waals surface area contributed by atoms with Crippen molar-refractivity contribution < 1.29 is 9.13 Å². The van der Waals surface area contributed by atoms with Gasteiger partial charge in [0, 0.05) is 5.56 Å². The van der Waals surface area contributed by atoms with E-state index in [4.69, 9.17) is 15.5 Å². The first-order valence-electron chi connectivity index (χ1n) is 9.35. The molecule has 5 heteroatoms. The van der Waals surface area contributed by atoms with Gasteiger partial charge < -0.3 is 15.8 Å². The molecule has 2 aromatic carbocycles. The van der Waals surface area contributed by atoms with Gasteiger partial charge in [-0.05, 0) is 55.3 Å². The molecular weight excluding hydrogens is 353 g/mol. The molecule has 148 valence electrons. The molecule has 0 bridgehead atoms. The maximum Gasteiger partial charge on any atom is 0.142 e. The second-order valence-electron chi connectivity index (χ2n) is 6.37. The van der Waals surface area contributed by atoms with Crippen LogP contribution in [0, 0.1) is 5.82 Å². The first-order chi connectivity index (χ1) is 13.5. The number of nitrogens with one attached hydrogen (secondary N) is 1. The van der Waals surface area contributed by atoms with E-state index in [1.54, 1.807) is 31.4 Å². The number of ether oxygens (including phenoxy) is 1. The standard InChI is InChI=1S/C23H28FN3O/c1-5-9-21(16-10-8-11-18(24)14-16)27-23(7-3)26-20(6-2)17-12-13-19(25)22(15-17)28-4/h6-8,10-15,21,27H,2,5,9,25H2,1,3-4H3/b23-7+,26-20+. The lowest BCUT2D eigenvalue weighted by Gasteiger charge is -2.20. The summed E-state index contributed by atoms with van der Waals surface area (Å²) in [6.45, 7) is 7.89. The monoisotopic (exact) mass is 381 g/mol. The van der Waals surface area contributed by atoms with Crippen LogP contribution in [0.25, 0.3) is 0 Å². The molecule has 0 fully saturated rings. The molecule has 3 N–H and O–H groups in total. The lowest BCUT2D eigenvalue weighted by atomic mass is 10.0. The molecule has 0 saturated carbocycles. The van der Waals surface area contributed by atoms with E-state index in [1.807, 2.05) is 31.2 Å². The van der Waals surface area contributed by atoms with Crippen LogP contribution in [0.5, 0.6) is 5.75 Å². The average Bonchev–Trinajstić information content (AvgIpc) is 2.71. The summed E-state index contributed by atoms with van der Waals surface area (Å²) < 4.78 is 19.0. The van der Waals surface area contributed by atoms with Gasteiger partial charge in [0.2, 0.25) is 0 Å². The van der Waals surface area contributed by atoms with Crippen molar-refractivity contribution in [2.45, 2.75) is 32.7 Å². The Morgan fingerprint density at radius 2 is 2.11 bits per heavy atom. The van der Waals surface area contributed by atoms with Gasteiger partial charge in [-0.3, -0.25) is 0 Å². The second-order valence-corrected chi connectivity index (χ2v) is 6.37. The van der Waals surface area contributed by atoms with E-state index in [9.17, 15) is 4.39 Å². The zero-order valence-electron chi connectivity index (χ0n) is 16.7. The van der Waals surface area contributed by atoms with Crippen molar-refractivity contribution in [3.05, 3.63) is 84.0 Å². The number of aliphatic imine (C=N–C) groups is 1. The highest BCUT2D eigenvalue weighted by molar-refractivity contribution is 6.09. The van der Waals surface area contributed by atoms with Crippen molar-refractivity contribution in [2.24, 2.45) is 4.99 Å². The molecule has 0 aliphatic carbocycles. The Balaban J connectivity index is 2.32. The van der Waals surface area contributed by atoms with E-state index in [2.05, 4.69) is 18.8 Å².